The molecule has 2 heterocycles. The van der Waals surface area contributed by atoms with Crippen molar-refractivity contribution in [3.8, 4) is 0 Å². The third-order valence-corrected chi connectivity index (χ3v) is 3.27. The second-order valence-corrected chi connectivity index (χ2v) is 5.63. The maximum atomic E-state index is 5.63. The molecule has 7 heteroatoms. The molecule has 0 spiro atoms. The highest BCUT2D eigenvalue weighted by Gasteiger charge is 2.05. The van der Waals surface area contributed by atoms with E-state index in [1.807, 2.05) is 18.3 Å². The number of anilines is 2. The van der Waals surface area contributed by atoms with Gasteiger partial charge in [-0.05, 0) is 23.4 Å². The first-order valence-electron chi connectivity index (χ1n) is 6.29. The molecule has 0 bridgehead atoms. The molecule has 5 N–H and O–H groups in total. The third kappa shape index (κ3) is 4.36. The lowest BCUT2D eigenvalue weighted by Crippen LogP contribution is -2.21. The molecular weight excluding hydrogens is 272 g/mol. The van der Waals surface area contributed by atoms with Gasteiger partial charge in [-0.15, -0.1) is 0 Å². The monoisotopic (exact) mass is 290 g/mol. The van der Waals surface area contributed by atoms with Gasteiger partial charge in [-0.25, -0.2) is 15.0 Å². The van der Waals surface area contributed by atoms with Gasteiger partial charge in [0.05, 0.1) is 0 Å². The Morgan fingerprint density at radius 3 is 2.45 bits per heavy atom. The number of hydrogen-bond donors (Lipinski definition) is 3. The SMILES string of the molecule is CC(C)NCc1ccc(Sc2nc(N)cc(N)n2)nc1. The van der Waals surface area contributed by atoms with Crippen molar-refractivity contribution in [2.24, 2.45) is 0 Å². The maximum Gasteiger partial charge on any atom is 0.197 e. The van der Waals surface area contributed by atoms with E-state index < -0.39 is 0 Å². The summed E-state index contributed by atoms with van der Waals surface area (Å²) >= 11 is 1.34. The Morgan fingerprint density at radius 1 is 1.20 bits per heavy atom. The second-order valence-electron chi connectivity index (χ2n) is 4.64. The molecule has 0 radical (unpaired) electrons. The smallest absolute Gasteiger partial charge is 0.197 e. The Morgan fingerprint density at radius 2 is 1.90 bits per heavy atom. The minimum absolute atomic E-state index is 0.359. The first-order chi connectivity index (χ1) is 9.52. The fraction of sp³-hybridized carbons (Fsp3) is 0.308. The molecule has 0 aliphatic heterocycles. The van der Waals surface area contributed by atoms with Crippen molar-refractivity contribution in [1.82, 2.24) is 20.3 Å². The van der Waals surface area contributed by atoms with Gasteiger partial charge in [0, 0.05) is 24.8 Å². The molecule has 0 aliphatic rings. The van der Waals surface area contributed by atoms with Crippen LogP contribution in [0.5, 0.6) is 0 Å². The lowest BCUT2D eigenvalue weighted by molar-refractivity contribution is 0.587. The molecule has 106 valence electrons. The molecule has 2 aromatic heterocycles. The van der Waals surface area contributed by atoms with Gasteiger partial charge in [-0.3, -0.25) is 0 Å². The molecule has 6 nitrogen and oxygen atoms in total. The average Bonchev–Trinajstić information content (AvgIpc) is 2.36. The minimum Gasteiger partial charge on any atom is -0.383 e. The number of nitrogens with one attached hydrogen (secondary N) is 1. The number of pyridine rings is 1. The van der Waals surface area contributed by atoms with Crippen molar-refractivity contribution in [2.45, 2.75) is 36.6 Å². The van der Waals surface area contributed by atoms with Crippen LogP contribution in [0.2, 0.25) is 0 Å². The van der Waals surface area contributed by atoms with Crippen molar-refractivity contribution in [3.63, 3.8) is 0 Å². The van der Waals surface area contributed by atoms with E-state index in [1.54, 1.807) is 0 Å². The summed E-state index contributed by atoms with van der Waals surface area (Å²) in [6, 6.07) is 5.94. The Hall–Kier alpha value is -1.86. The summed E-state index contributed by atoms with van der Waals surface area (Å²) in [6.07, 6.45) is 1.84. The summed E-state index contributed by atoms with van der Waals surface area (Å²) in [6.45, 7) is 5.02. The van der Waals surface area contributed by atoms with Crippen LogP contribution < -0.4 is 16.8 Å². The van der Waals surface area contributed by atoms with Crippen molar-refractivity contribution in [1.29, 1.82) is 0 Å². The van der Waals surface area contributed by atoms with E-state index in [2.05, 4.69) is 34.1 Å². The number of aromatic nitrogens is 3. The van der Waals surface area contributed by atoms with Gasteiger partial charge in [0.25, 0.3) is 0 Å². The molecule has 0 fully saturated rings. The summed E-state index contributed by atoms with van der Waals surface area (Å²) in [5.74, 6) is 0.718. The van der Waals surface area contributed by atoms with Crippen LogP contribution in [0, 0.1) is 0 Å². The summed E-state index contributed by atoms with van der Waals surface area (Å²) < 4.78 is 0. The molecular formula is C13H18N6S. The van der Waals surface area contributed by atoms with Crippen LogP contribution in [0.25, 0.3) is 0 Å². The zero-order chi connectivity index (χ0) is 14.5. The molecule has 0 atom stereocenters. The van der Waals surface area contributed by atoms with E-state index in [0.29, 0.717) is 22.8 Å². The Balaban J connectivity index is 2.03. The minimum atomic E-state index is 0.359. The third-order valence-electron chi connectivity index (χ3n) is 2.45. The highest BCUT2D eigenvalue weighted by atomic mass is 32.2. The quantitative estimate of drug-likeness (QED) is 0.720. The maximum absolute atomic E-state index is 5.63. The van der Waals surface area contributed by atoms with Gasteiger partial charge in [0.15, 0.2) is 5.16 Å². The van der Waals surface area contributed by atoms with Crippen LogP contribution in [0.1, 0.15) is 19.4 Å². The van der Waals surface area contributed by atoms with Gasteiger partial charge in [-0.1, -0.05) is 19.9 Å². The van der Waals surface area contributed by atoms with Gasteiger partial charge in [0.2, 0.25) is 0 Å². The van der Waals surface area contributed by atoms with Gasteiger partial charge in [-0.2, -0.15) is 0 Å². The zero-order valence-electron chi connectivity index (χ0n) is 11.5. The Labute approximate surface area is 122 Å². The molecule has 2 rings (SSSR count). The normalized spacial score (nSPS) is 10.9. The summed E-state index contributed by atoms with van der Waals surface area (Å²) in [5, 5.41) is 4.65. The second kappa shape index (κ2) is 6.53. The van der Waals surface area contributed by atoms with Crippen LogP contribution in [0.3, 0.4) is 0 Å². The number of nitrogens with zero attached hydrogens (tertiary/aromatic N) is 3. The van der Waals surface area contributed by atoms with Crippen LogP contribution in [0.4, 0.5) is 11.6 Å². The van der Waals surface area contributed by atoms with E-state index in [0.717, 1.165) is 17.1 Å². The van der Waals surface area contributed by atoms with Crippen LogP contribution in [-0.4, -0.2) is 21.0 Å². The van der Waals surface area contributed by atoms with E-state index in [9.17, 15) is 0 Å². The van der Waals surface area contributed by atoms with E-state index in [1.165, 1.54) is 17.8 Å². The van der Waals surface area contributed by atoms with Gasteiger partial charge >= 0.3 is 0 Å². The van der Waals surface area contributed by atoms with Crippen LogP contribution in [-0.2, 0) is 6.54 Å². The lowest BCUT2D eigenvalue weighted by atomic mass is 10.2. The first kappa shape index (κ1) is 14.5. The number of nitrogen functional groups attached to an aromatic ring is 2. The fourth-order valence-electron chi connectivity index (χ4n) is 1.50. The number of nitrogens with two attached hydrogens (primary N) is 2. The average molecular weight is 290 g/mol. The molecule has 0 saturated heterocycles. The summed E-state index contributed by atoms with van der Waals surface area (Å²) in [5.41, 5.74) is 12.4. The van der Waals surface area contributed by atoms with Gasteiger partial charge < -0.3 is 16.8 Å². The fourth-order valence-corrected chi connectivity index (χ4v) is 2.23. The van der Waals surface area contributed by atoms with E-state index >= 15 is 0 Å². The molecule has 2 aromatic rings. The molecule has 20 heavy (non-hydrogen) atoms. The number of hydrogen-bond acceptors (Lipinski definition) is 7. The van der Waals surface area contributed by atoms with Crippen LogP contribution >= 0.6 is 11.8 Å². The predicted molar refractivity (Wildman–Crippen MR) is 81.2 cm³/mol. The topological polar surface area (TPSA) is 103 Å². The van der Waals surface area contributed by atoms with E-state index in [4.69, 9.17) is 11.5 Å². The molecule has 0 saturated carbocycles. The van der Waals surface area contributed by atoms with Crippen LogP contribution in [0.15, 0.2) is 34.6 Å². The highest BCUT2D eigenvalue weighted by molar-refractivity contribution is 7.99. The zero-order valence-corrected chi connectivity index (χ0v) is 12.3. The largest absolute Gasteiger partial charge is 0.383 e. The molecule has 0 aliphatic carbocycles. The number of rotatable bonds is 5. The highest BCUT2D eigenvalue weighted by Crippen LogP contribution is 2.24. The predicted octanol–water partition coefficient (Wildman–Crippen LogP) is 1.69. The first-order valence-corrected chi connectivity index (χ1v) is 7.11. The molecule has 0 amide bonds. The standard InChI is InChI=1S/C13H18N6S/c1-8(2)16-6-9-3-4-12(17-7-9)20-13-18-10(14)5-11(15)19-13/h3-5,7-8,16H,6H2,1-2H3,(H4,14,15,18,19). The summed E-state index contributed by atoms with van der Waals surface area (Å²) in [7, 11) is 0. The van der Waals surface area contributed by atoms with E-state index in [-0.39, 0.29) is 0 Å². The van der Waals surface area contributed by atoms with Crippen molar-refractivity contribution in [3.05, 3.63) is 30.0 Å². The lowest BCUT2D eigenvalue weighted by Gasteiger charge is -2.08. The molecule has 0 aromatic carbocycles. The van der Waals surface area contributed by atoms with Gasteiger partial charge in [0.1, 0.15) is 16.7 Å². The van der Waals surface area contributed by atoms with Crippen molar-refractivity contribution < 1.29 is 0 Å². The summed E-state index contributed by atoms with van der Waals surface area (Å²) in [4.78, 5) is 12.6. The Bertz CT molecular complexity index is 549. The molecule has 0 unspecified atom stereocenters. The van der Waals surface area contributed by atoms with Crippen molar-refractivity contribution in [2.75, 3.05) is 11.5 Å². The Kier molecular flexibility index (Phi) is 4.75. The van der Waals surface area contributed by atoms with Crippen molar-refractivity contribution >= 4 is 23.4 Å².